The zero-order valence-electron chi connectivity index (χ0n) is 20.2. The van der Waals surface area contributed by atoms with Crippen LogP contribution in [0.1, 0.15) is 58.1 Å². The number of aromatic amines is 1. The fourth-order valence-corrected chi connectivity index (χ4v) is 4.44. The van der Waals surface area contributed by atoms with Gasteiger partial charge in [-0.1, -0.05) is 6.08 Å². The summed E-state index contributed by atoms with van der Waals surface area (Å²) in [5, 5.41) is 10.7. The Balaban J connectivity index is 1.97. The summed E-state index contributed by atoms with van der Waals surface area (Å²) in [6, 6.07) is 6.11. The molecule has 33 heavy (non-hydrogen) atoms. The second kappa shape index (κ2) is 10.6. The van der Waals surface area contributed by atoms with E-state index in [0.717, 1.165) is 59.7 Å². The molecule has 1 fully saturated rings. The Morgan fingerprint density at radius 2 is 1.94 bits per heavy atom. The maximum Gasteiger partial charge on any atom is 0.253 e. The SMILES string of the molecule is C/C=C(\C=N)c1cc(C(=O)NCc2c(C)cc(C)[nH]c2=O)c(C)c(N(C)C2CCOCC2)c1. The van der Waals surface area contributed by atoms with Crippen molar-refractivity contribution in [2.24, 2.45) is 0 Å². The van der Waals surface area contributed by atoms with Crippen molar-refractivity contribution in [3.05, 3.63) is 68.1 Å². The lowest BCUT2D eigenvalue weighted by Gasteiger charge is -2.34. The highest BCUT2D eigenvalue weighted by molar-refractivity contribution is 6.10. The lowest BCUT2D eigenvalue weighted by molar-refractivity contribution is 0.0854. The van der Waals surface area contributed by atoms with E-state index in [9.17, 15) is 9.59 Å². The Kier molecular flexibility index (Phi) is 7.87. The monoisotopic (exact) mass is 450 g/mol. The fourth-order valence-electron chi connectivity index (χ4n) is 4.44. The molecule has 0 saturated carbocycles. The molecule has 3 rings (SSSR count). The number of carbonyl (C=O) groups is 1. The highest BCUT2D eigenvalue weighted by atomic mass is 16.5. The van der Waals surface area contributed by atoms with E-state index in [1.54, 1.807) is 0 Å². The van der Waals surface area contributed by atoms with Gasteiger partial charge < -0.3 is 25.3 Å². The topological polar surface area (TPSA) is 98.3 Å². The summed E-state index contributed by atoms with van der Waals surface area (Å²) in [5.41, 5.74) is 5.97. The number of nitrogens with zero attached hydrogens (tertiary/aromatic N) is 1. The summed E-state index contributed by atoms with van der Waals surface area (Å²) in [7, 11) is 2.05. The first-order chi connectivity index (χ1) is 15.8. The zero-order chi connectivity index (χ0) is 24.1. The molecule has 2 heterocycles. The third kappa shape index (κ3) is 5.42. The molecule has 1 saturated heterocycles. The van der Waals surface area contributed by atoms with Crippen LogP contribution in [0.3, 0.4) is 0 Å². The summed E-state index contributed by atoms with van der Waals surface area (Å²) < 4.78 is 5.52. The summed E-state index contributed by atoms with van der Waals surface area (Å²) in [6.07, 6.45) is 5.03. The van der Waals surface area contributed by atoms with Crippen LogP contribution in [0.25, 0.3) is 5.57 Å². The molecule has 7 heteroatoms. The molecular weight excluding hydrogens is 416 g/mol. The van der Waals surface area contributed by atoms with Crippen LogP contribution >= 0.6 is 0 Å². The maximum absolute atomic E-state index is 13.3. The summed E-state index contributed by atoms with van der Waals surface area (Å²) >= 11 is 0. The van der Waals surface area contributed by atoms with Crippen molar-refractivity contribution in [3.63, 3.8) is 0 Å². The molecule has 0 bridgehead atoms. The first kappa shape index (κ1) is 24.5. The number of hydrogen-bond acceptors (Lipinski definition) is 5. The zero-order valence-corrected chi connectivity index (χ0v) is 20.2. The predicted octanol–water partition coefficient (Wildman–Crippen LogP) is 3.90. The Bertz CT molecular complexity index is 1130. The lowest BCUT2D eigenvalue weighted by Crippen LogP contribution is -2.37. The van der Waals surface area contributed by atoms with Gasteiger partial charge in [0.05, 0.1) is 0 Å². The van der Waals surface area contributed by atoms with Gasteiger partial charge in [0.15, 0.2) is 0 Å². The van der Waals surface area contributed by atoms with E-state index in [4.69, 9.17) is 10.1 Å². The van der Waals surface area contributed by atoms with Gasteiger partial charge in [-0.15, -0.1) is 0 Å². The fraction of sp³-hybridized carbons (Fsp3) is 0.423. The molecule has 1 aromatic carbocycles. The number of rotatable bonds is 7. The van der Waals surface area contributed by atoms with Gasteiger partial charge in [0, 0.05) is 61.6 Å². The first-order valence-corrected chi connectivity index (χ1v) is 11.4. The predicted molar refractivity (Wildman–Crippen MR) is 134 cm³/mol. The van der Waals surface area contributed by atoms with Crippen LogP contribution in [0.5, 0.6) is 0 Å². The Morgan fingerprint density at radius 1 is 1.24 bits per heavy atom. The van der Waals surface area contributed by atoms with E-state index in [0.29, 0.717) is 17.2 Å². The van der Waals surface area contributed by atoms with Crippen LogP contribution in [0.2, 0.25) is 0 Å². The van der Waals surface area contributed by atoms with E-state index < -0.39 is 0 Å². The molecule has 1 aromatic heterocycles. The van der Waals surface area contributed by atoms with Crippen LogP contribution in [-0.4, -0.2) is 43.4 Å². The molecule has 3 N–H and O–H groups in total. The normalized spacial score (nSPS) is 14.8. The first-order valence-electron chi connectivity index (χ1n) is 11.4. The van der Waals surface area contributed by atoms with Gasteiger partial charge in [-0.25, -0.2) is 0 Å². The molecule has 1 aliphatic rings. The number of allylic oxidation sites excluding steroid dienone is 2. The van der Waals surface area contributed by atoms with Crippen molar-refractivity contribution < 1.29 is 9.53 Å². The number of aryl methyl sites for hydroxylation is 2. The Morgan fingerprint density at radius 3 is 2.55 bits per heavy atom. The van der Waals surface area contributed by atoms with Gasteiger partial charge in [0.1, 0.15) is 0 Å². The highest BCUT2D eigenvalue weighted by Crippen LogP contribution is 2.31. The second-order valence-electron chi connectivity index (χ2n) is 8.64. The molecule has 0 atom stereocenters. The number of pyridine rings is 1. The summed E-state index contributed by atoms with van der Waals surface area (Å²) in [5.74, 6) is -0.240. The van der Waals surface area contributed by atoms with Crippen LogP contribution in [0, 0.1) is 26.2 Å². The average Bonchev–Trinajstić information content (AvgIpc) is 2.80. The second-order valence-corrected chi connectivity index (χ2v) is 8.64. The molecule has 0 aliphatic carbocycles. The summed E-state index contributed by atoms with van der Waals surface area (Å²) in [6.45, 7) is 9.15. The number of nitrogens with one attached hydrogen (secondary N) is 3. The van der Waals surface area contributed by atoms with Crippen molar-refractivity contribution in [1.29, 1.82) is 5.41 Å². The molecule has 7 nitrogen and oxygen atoms in total. The van der Waals surface area contributed by atoms with Gasteiger partial charge in [-0.2, -0.15) is 0 Å². The van der Waals surface area contributed by atoms with E-state index in [-0.39, 0.29) is 18.0 Å². The number of aromatic nitrogens is 1. The molecule has 1 amide bonds. The maximum atomic E-state index is 13.3. The lowest BCUT2D eigenvalue weighted by atomic mass is 9.95. The molecule has 0 unspecified atom stereocenters. The minimum Gasteiger partial charge on any atom is -0.381 e. The molecule has 0 radical (unpaired) electrons. The number of amides is 1. The van der Waals surface area contributed by atoms with E-state index >= 15 is 0 Å². The highest BCUT2D eigenvalue weighted by Gasteiger charge is 2.23. The third-order valence-corrected chi connectivity index (χ3v) is 6.46. The van der Waals surface area contributed by atoms with Gasteiger partial charge in [-0.3, -0.25) is 9.59 Å². The summed E-state index contributed by atoms with van der Waals surface area (Å²) in [4.78, 5) is 30.7. The van der Waals surface area contributed by atoms with Crippen LogP contribution in [0.15, 0.2) is 29.1 Å². The third-order valence-electron chi connectivity index (χ3n) is 6.46. The van der Waals surface area contributed by atoms with E-state index in [1.165, 1.54) is 6.21 Å². The molecular formula is C26H34N4O3. The smallest absolute Gasteiger partial charge is 0.253 e. The van der Waals surface area contributed by atoms with E-state index in [1.807, 2.05) is 45.9 Å². The van der Waals surface area contributed by atoms with Crippen molar-refractivity contribution in [2.75, 3.05) is 25.2 Å². The van der Waals surface area contributed by atoms with Gasteiger partial charge in [0.2, 0.25) is 0 Å². The number of hydrogen-bond donors (Lipinski definition) is 3. The average molecular weight is 451 g/mol. The standard InChI is InChI=1S/C26H34N4O3/c1-6-19(14-27)20-12-22(18(4)24(13-20)30(5)21-7-9-33-10-8-21)25(31)28-15-23-16(2)11-17(3)29-26(23)32/h6,11-14,21,27H,7-10,15H2,1-5H3,(H,28,31)(H,29,32)/b19-6+,27-14?. The molecule has 0 spiro atoms. The largest absolute Gasteiger partial charge is 0.381 e. The van der Waals surface area contributed by atoms with Crippen LogP contribution < -0.4 is 15.8 Å². The molecule has 2 aromatic rings. The number of carbonyl (C=O) groups excluding carboxylic acids is 1. The number of H-pyrrole nitrogens is 1. The van der Waals surface area contributed by atoms with Gasteiger partial charge >= 0.3 is 0 Å². The number of anilines is 1. The van der Waals surface area contributed by atoms with Crippen molar-refractivity contribution in [2.45, 2.75) is 53.1 Å². The quantitative estimate of drug-likeness (QED) is 0.557. The number of ether oxygens (including phenoxy) is 1. The van der Waals surface area contributed by atoms with Crippen molar-refractivity contribution >= 4 is 23.4 Å². The van der Waals surface area contributed by atoms with Crippen molar-refractivity contribution in [1.82, 2.24) is 10.3 Å². The van der Waals surface area contributed by atoms with Crippen LogP contribution in [-0.2, 0) is 11.3 Å². The van der Waals surface area contributed by atoms with Crippen molar-refractivity contribution in [3.8, 4) is 0 Å². The van der Waals surface area contributed by atoms with E-state index in [2.05, 4.69) is 28.3 Å². The molecule has 1 aliphatic heterocycles. The minimum absolute atomic E-state index is 0.149. The number of benzene rings is 1. The van der Waals surface area contributed by atoms with Gasteiger partial charge in [-0.05, 0) is 81.0 Å². The minimum atomic E-state index is -0.240. The van der Waals surface area contributed by atoms with Gasteiger partial charge in [0.25, 0.3) is 11.5 Å². The van der Waals surface area contributed by atoms with Crippen LogP contribution in [0.4, 0.5) is 5.69 Å². The Hall–Kier alpha value is -3.19. The molecule has 176 valence electrons. The Labute approximate surface area is 195 Å².